The Morgan fingerprint density at radius 3 is 2.59 bits per heavy atom. The van der Waals surface area contributed by atoms with E-state index in [4.69, 9.17) is 23.2 Å². The predicted octanol–water partition coefficient (Wildman–Crippen LogP) is 5.46. The zero-order chi connectivity index (χ0) is 15.9. The fourth-order valence-corrected chi connectivity index (χ4v) is 3.36. The Labute approximate surface area is 145 Å². The van der Waals surface area contributed by atoms with Crippen LogP contribution in [0.15, 0.2) is 46.9 Å². The summed E-state index contributed by atoms with van der Waals surface area (Å²) < 4.78 is 2.60. The molecule has 22 heavy (non-hydrogen) atoms. The summed E-state index contributed by atoms with van der Waals surface area (Å²) in [7, 11) is 0. The van der Waals surface area contributed by atoms with E-state index in [-0.39, 0.29) is 5.69 Å². The van der Waals surface area contributed by atoms with Crippen LogP contribution in [0.1, 0.15) is 16.1 Å². The zero-order valence-corrected chi connectivity index (χ0v) is 14.3. The van der Waals surface area contributed by atoms with E-state index in [0.29, 0.717) is 16.6 Å². The molecule has 3 rings (SSSR count). The van der Waals surface area contributed by atoms with Gasteiger partial charge in [0.25, 0.3) is 0 Å². The van der Waals surface area contributed by atoms with Gasteiger partial charge in [0.2, 0.25) is 0 Å². The van der Waals surface area contributed by atoms with Gasteiger partial charge in [-0.3, -0.25) is 0 Å². The van der Waals surface area contributed by atoms with Gasteiger partial charge in [0.1, 0.15) is 5.69 Å². The third-order valence-corrected chi connectivity index (χ3v) is 4.79. The lowest BCUT2D eigenvalue weighted by Crippen LogP contribution is -2.09. The third kappa shape index (κ3) is 2.74. The van der Waals surface area contributed by atoms with Crippen LogP contribution in [0, 0.1) is 0 Å². The molecule has 0 saturated heterocycles. The van der Waals surface area contributed by atoms with Crippen molar-refractivity contribution in [1.29, 1.82) is 0 Å². The molecule has 0 spiro atoms. The van der Waals surface area contributed by atoms with E-state index in [9.17, 15) is 9.90 Å². The van der Waals surface area contributed by atoms with Crippen molar-refractivity contribution in [3.63, 3.8) is 0 Å². The van der Waals surface area contributed by atoms with Crippen molar-refractivity contribution in [2.75, 3.05) is 0 Å². The summed E-state index contributed by atoms with van der Waals surface area (Å²) in [6.07, 6.45) is 0. The van der Waals surface area contributed by atoms with Gasteiger partial charge in [0.15, 0.2) is 0 Å². The van der Waals surface area contributed by atoms with Crippen LogP contribution in [-0.2, 0) is 6.54 Å². The molecular weight excluding hydrogens is 389 g/mol. The molecule has 0 unspecified atom stereocenters. The first-order chi connectivity index (χ1) is 10.5. The average Bonchev–Trinajstić information content (AvgIpc) is 2.83. The molecule has 0 amide bonds. The monoisotopic (exact) mass is 397 g/mol. The number of benzene rings is 2. The quantitative estimate of drug-likeness (QED) is 0.636. The number of carbonyl (C=O) groups is 1. The first-order valence-electron chi connectivity index (χ1n) is 6.42. The number of nitrogens with zero attached hydrogens (tertiary/aromatic N) is 1. The van der Waals surface area contributed by atoms with Crippen molar-refractivity contribution in [1.82, 2.24) is 4.57 Å². The Balaban J connectivity index is 2.17. The molecule has 1 aromatic heterocycles. The molecule has 0 aliphatic heterocycles. The fraction of sp³-hybridized carbons (Fsp3) is 0.0625. The lowest BCUT2D eigenvalue weighted by molar-refractivity contribution is 0.0686. The number of carboxylic acids is 1. The summed E-state index contributed by atoms with van der Waals surface area (Å²) in [6.45, 7) is 0.393. The normalized spacial score (nSPS) is 11.0. The minimum atomic E-state index is -0.969. The summed E-state index contributed by atoms with van der Waals surface area (Å²) in [6, 6.07) is 12.6. The molecule has 0 radical (unpaired) electrons. The maximum absolute atomic E-state index is 11.5. The molecule has 2 aromatic carbocycles. The Hall–Kier alpha value is -1.49. The molecule has 3 aromatic rings. The maximum atomic E-state index is 11.5. The van der Waals surface area contributed by atoms with Gasteiger partial charge in [-0.1, -0.05) is 41.4 Å². The summed E-state index contributed by atoms with van der Waals surface area (Å²) in [5, 5.41) is 11.2. The fourth-order valence-electron chi connectivity index (χ4n) is 2.44. The molecule has 1 heterocycles. The Bertz CT molecular complexity index is 889. The van der Waals surface area contributed by atoms with Crippen molar-refractivity contribution in [2.24, 2.45) is 0 Å². The number of hydrogen-bond donors (Lipinski definition) is 1. The molecule has 112 valence electrons. The van der Waals surface area contributed by atoms with Gasteiger partial charge in [-0.15, -0.1) is 0 Å². The minimum Gasteiger partial charge on any atom is -0.477 e. The van der Waals surface area contributed by atoms with Crippen LogP contribution in [0.25, 0.3) is 10.9 Å². The van der Waals surface area contributed by atoms with E-state index in [2.05, 4.69) is 15.9 Å². The molecule has 0 aliphatic carbocycles. The topological polar surface area (TPSA) is 42.2 Å². The molecule has 0 saturated carbocycles. The van der Waals surface area contributed by atoms with Crippen molar-refractivity contribution in [3.8, 4) is 0 Å². The van der Waals surface area contributed by atoms with Gasteiger partial charge in [-0.2, -0.15) is 0 Å². The van der Waals surface area contributed by atoms with E-state index in [1.54, 1.807) is 22.8 Å². The molecule has 0 atom stereocenters. The Morgan fingerprint density at radius 1 is 1.14 bits per heavy atom. The second kappa shape index (κ2) is 5.95. The van der Waals surface area contributed by atoms with Gasteiger partial charge < -0.3 is 9.67 Å². The number of fused-ring (bicyclic) bond motifs is 1. The average molecular weight is 399 g/mol. The van der Waals surface area contributed by atoms with Gasteiger partial charge in [-0.25, -0.2) is 4.79 Å². The standard InChI is InChI=1S/C16H10BrCl2NO2/c17-11-3-1-2-10-7-14(16(21)22)20(15(10)11)8-9-4-5-12(18)13(19)6-9/h1-7H,8H2,(H,21,22). The zero-order valence-electron chi connectivity index (χ0n) is 11.2. The summed E-state index contributed by atoms with van der Waals surface area (Å²) in [5.41, 5.74) is 1.95. The lowest BCUT2D eigenvalue weighted by Gasteiger charge is -2.10. The van der Waals surface area contributed by atoms with Crippen molar-refractivity contribution < 1.29 is 9.90 Å². The highest BCUT2D eigenvalue weighted by Gasteiger charge is 2.16. The van der Waals surface area contributed by atoms with Crippen LogP contribution in [0.2, 0.25) is 10.0 Å². The highest BCUT2D eigenvalue weighted by molar-refractivity contribution is 9.10. The number of rotatable bonds is 3. The summed E-state index contributed by atoms with van der Waals surface area (Å²) in [5.74, 6) is -0.969. The largest absolute Gasteiger partial charge is 0.477 e. The van der Waals surface area contributed by atoms with E-state index in [1.165, 1.54) is 0 Å². The van der Waals surface area contributed by atoms with Crippen LogP contribution in [0.3, 0.4) is 0 Å². The first-order valence-corrected chi connectivity index (χ1v) is 7.97. The second-order valence-electron chi connectivity index (χ2n) is 4.85. The highest BCUT2D eigenvalue weighted by atomic mass is 79.9. The van der Waals surface area contributed by atoms with E-state index in [1.807, 2.05) is 24.3 Å². The van der Waals surface area contributed by atoms with E-state index in [0.717, 1.165) is 20.9 Å². The number of para-hydroxylation sites is 1. The molecule has 3 nitrogen and oxygen atoms in total. The van der Waals surface area contributed by atoms with Crippen molar-refractivity contribution in [2.45, 2.75) is 6.54 Å². The van der Waals surface area contributed by atoms with Gasteiger partial charge in [-0.05, 0) is 45.8 Å². The van der Waals surface area contributed by atoms with Gasteiger partial charge in [0.05, 0.1) is 15.6 Å². The molecule has 0 fully saturated rings. The summed E-state index contributed by atoms with van der Waals surface area (Å²) in [4.78, 5) is 11.5. The van der Waals surface area contributed by atoms with Crippen LogP contribution in [0.4, 0.5) is 0 Å². The Morgan fingerprint density at radius 2 is 1.91 bits per heavy atom. The van der Waals surface area contributed by atoms with Crippen LogP contribution in [0.5, 0.6) is 0 Å². The third-order valence-electron chi connectivity index (χ3n) is 3.41. The van der Waals surface area contributed by atoms with E-state index < -0.39 is 5.97 Å². The van der Waals surface area contributed by atoms with Crippen molar-refractivity contribution in [3.05, 3.63) is 68.2 Å². The van der Waals surface area contributed by atoms with Crippen molar-refractivity contribution >= 4 is 56.0 Å². The Kier molecular flexibility index (Phi) is 4.17. The summed E-state index contributed by atoms with van der Waals surface area (Å²) >= 11 is 15.5. The van der Waals surface area contributed by atoms with Gasteiger partial charge in [0, 0.05) is 16.4 Å². The number of halogens is 3. The second-order valence-corrected chi connectivity index (χ2v) is 6.52. The van der Waals surface area contributed by atoms with Crippen LogP contribution < -0.4 is 0 Å². The highest BCUT2D eigenvalue weighted by Crippen LogP contribution is 2.29. The number of hydrogen-bond acceptors (Lipinski definition) is 1. The number of aromatic nitrogens is 1. The van der Waals surface area contributed by atoms with Gasteiger partial charge >= 0.3 is 5.97 Å². The van der Waals surface area contributed by atoms with E-state index >= 15 is 0 Å². The predicted molar refractivity (Wildman–Crippen MR) is 92.2 cm³/mol. The molecule has 6 heteroatoms. The SMILES string of the molecule is O=C(O)c1cc2cccc(Br)c2n1Cc1ccc(Cl)c(Cl)c1. The lowest BCUT2D eigenvalue weighted by atomic mass is 10.2. The molecule has 0 aliphatic rings. The minimum absolute atomic E-state index is 0.230. The smallest absolute Gasteiger partial charge is 0.352 e. The van der Waals surface area contributed by atoms with Crippen LogP contribution >= 0.6 is 39.1 Å². The first kappa shape index (κ1) is 15.4. The maximum Gasteiger partial charge on any atom is 0.352 e. The molecule has 0 bridgehead atoms. The molecule has 1 N–H and O–H groups in total. The number of carboxylic acid groups (broad SMARTS) is 1. The molecular formula is C16H10BrCl2NO2. The van der Waals surface area contributed by atoms with Crippen LogP contribution in [-0.4, -0.2) is 15.6 Å². The number of aromatic carboxylic acids is 1.